The van der Waals surface area contributed by atoms with Crippen molar-refractivity contribution >= 4 is 33.2 Å². The van der Waals surface area contributed by atoms with Gasteiger partial charge in [0.25, 0.3) is 5.91 Å². The third-order valence-corrected chi connectivity index (χ3v) is 3.45. The number of amides is 1. The Morgan fingerprint density at radius 2 is 2.05 bits per heavy atom. The van der Waals surface area contributed by atoms with Crippen LogP contribution in [0.25, 0.3) is 0 Å². The van der Waals surface area contributed by atoms with E-state index in [-0.39, 0.29) is 11.7 Å². The average Bonchev–Trinajstić information content (AvgIpc) is 2.36. The summed E-state index contributed by atoms with van der Waals surface area (Å²) < 4.78 is 0.707. The third-order valence-electron chi connectivity index (χ3n) is 2.79. The Bertz CT molecular complexity index is 641. The van der Waals surface area contributed by atoms with Crippen molar-refractivity contribution < 1.29 is 9.90 Å². The van der Waals surface area contributed by atoms with Gasteiger partial charge in [0.1, 0.15) is 5.75 Å². The van der Waals surface area contributed by atoms with Crippen LogP contribution in [0.5, 0.6) is 5.75 Å². The molecular formula is C14H13BrN2O2. The second kappa shape index (κ2) is 5.32. The molecule has 0 saturated heterocycles. The standard InChI is InChI=1S/C14H13BrN2O2/c1-8-10(3-2-4-13(8)18)14(19)17-12-6-5-9(16)7-11(12)15/h2-7,18H,16H2,1H3,(H,17,19). The summed E-state index contributed by atoms with van der Waals surface area (Å²) in [6.45, 7) is 1.70. The zero-order valence-corrected chi connectivity index (χ0v) is 11.9. The van der Waals surface area contributed by atoms with Crippen LogP contribution in [0, 0.1) is 6.92 Å². The highest BCUT2D eigenvalue weighted by molar-refractivity contribution is 9.10. The van der Waals surface area contributed by atoms with Crippen molar-refractivity contribution in [1.82, 2.24) is 0 Å². The predicted octanol–water partition coefficient (Wildman–Crippen LogP) is 3.30. The maximum absolute atomic E-state index is 12.1. The summed E-state index contributed by atoms with van der Waals surface area (Å²) in [5.74, 6) is -0.178. The molecule has 2 rings (SSSR count). The van der Waals surface area contributed by atoms with Crippen LogP contribution < -0.4 is 11.1 Å². The van der Waals surface area contributed by atoms with Gasteiger partial charge >= 0.3 is 0 Å². The van der Waals surface area contributed by atoms with E-state index >= 15 is 0 Å². The molecule has 0 saturated carbocycles. The van der Waals surface area contributed by atoms with Crippen molar-refractivity contribution in [3.8, 4) is 5.75 Å². The van der Waals surface area contributed by atoms with E-state index in [0.717, 1.165) is 0 Å². The van der Waals surface area contributed by atoms with E-state index in [0.29, 0.717) is 27.0 Å². The minimum atomic E-state index is -0.279. The van der Waals surface area contributed by atoms with Gasteiger partial charge in [0.05, 0.1) is 5.69 Å². The summed E-state index contributed by atoms with van der Waals surface area (Å²) in [5.41, 5.74) is 7.86. The number of aromatic hydroxyl groups is 1. The lowest BCUT2D eigenvalue weighted by molar-refractivity contribution is 0.102. The first kappa shape index (κ1) is 13.4. The van der Waals surface area contributed by atoms with Gasteiger partial charge in [0.2, 0.25) is 0 Å². The number of carbonyl (C=O) groups is 1. The van der Waals surface area contributed by atoms with Crippen LogP contribution in [0.2, 0.25) is 0 Å². The minimum absolute atomic E-state index is 0.101. The molecule has 5 heteroatoms. The second-order valence-electron chi connectivity index (χ2n) is 4.14. The van der Waals surface area contributed by atoms with Gasteiger partial charge in [-0.15, -0.1) is 0 Å². The highest BCUT2D eigenvalue weighted by Crippen LogP contribution is 2.26. The molecule has 0 atom stereocenters. The maximum Gasteiger partial charge on any atom is 0.256 e. The lowest BCUT2D eigenvalue weighted by atomic mass is 10.1. The SMILES string of the molecule is Cc1c(O)cccc1C(=O)Nc1ccc(N)cc1Br. The van der Waals surface area contributed by atoms with Gasteiger partial charge in [-0.1, -0.05) is 6.07 Å². The molecule has 4 nitrogen and oxygen atoms in total. The van der Waals surface area contributed by atoms with E-state index in [9.17, 15) is 9.90 Å². The van der Waals surface area contributed by atoms with E-state index in [1.54, 1.807) is 43.3 Å². The molecule has 2 aromatic rings. The number of phenolic OH excluding ortho intramolecular Hbond substituents is 1. The minimum Gasteiger partial charge on any atom is -0.508 e. The summed E-state index contributed by atoms with van der Waals surface area (Å²) >= 11 is 3.34. The van der Waals surface area contributed by atoms with E-state index < -0.39 is 0 Å². The summed E-state index contributed by atoms with van der Waals surface area (Å²) in [5, 5.41) is 12.4. The number of phenols is 1. The molecule has 19 heavy (non-hydrogen) atoms. The van der Waals surface area contributed by atoms with E-state index in [2.05, 4.69) is 21.2 Å². The van der Waals surface area contributed by atoms with Crippen molar-refractivity contribution in [1.29, 1.82) is 0 Å². The molecule has 0 bridgehead atoms. The molecule has 0 radical (unpaired) electrons. The van der Waals surface area contributed by atoms with E-state index in [4.69, 9.17) is 5.73 Å². The van der Waals surface area contributed by atoms with Crippen molar-refractivity contribution in [2.45, 2.75) is 6.92 Å². The Hall–Kier alpha value is -2.01. The molecule has 1 amide bonds. The van der Waals surface area contributed by atoms with Crippen LogP contribution >= 0.6 is 15.9 Å². The maximum atomic E-state index is 12.1. The molecular weight excluding hydrogens is 308 g/mol. The number of benzene rings is 2. The first-order valence-corrected chi connectivity index (χ1v) is 6.43. The zero-order chi connectivity index (χ0) is 14.0. The fourth-order valence-corrected chi connectivity index (χ4v) is 2.19. The Kier molecular flexibility index (Phi) is 3.76. The van der Waals surface area contributed by atoms with E-state index in [1.807, 2.05) is 0 Å². The molecule has 0 aliphatic heterocycles. The van der Waals surface area contributed by atoms with Gasteiger partial charge in [-0.25, -0.2) is 0 Å². The van der Waals surface area contributed by atoms with Crippen molar-refractivity contribution in [2.75, 3.05) is 11.1 Å². The Balaban J connectivity index is 2.28. The first-order valence-electron chi connectivity index (χ1n) is 5.64. The van der Waals surface area contributed by atoms with Crippen molar-refractivity contribution in [3.63, 3.8) is 0 Å². The normalized spacial score (nSPS) is 10.2. The molecule has 0 aliphatic carbocycles. The molecule has 4 N–H and O–H groups in total. The van der Waals surface area contributed by atoms with Gasteiger partial charge in [-0.3, -0.25) is 4.79 Å². The van der Waals surface area contributed by atoms with Gasteiger partial charge in [0, 0.05) is 21.3 Å². The number of hydrogen-bond acceptors (Lipinski definition) is 3. The van der Waals surface area contributed by atoms with Crippen LogP contribution in [-0.2, 0) is 0 Å². The molecule has 0 unspecified atom stereocenters. The molecule has 0 aliphatic rings. The van der Waals surface area contributed by atoms with Crippen LogP contribution in [0.4, 0.5) is 11.4 Å². The lowest BCUT2D eigenvalue weighted by Crippen LogP contribution is -2.13. The number of halogens is 1. The molecule has 98 valence electrons. The van der Waals surface area contributed by atoms with Crippen molar-refractivity contribution in [3.05, 3.63) is 52.0 Å². The predicted molar refractivity (Wildman–Crippen MR) is 79.4 cm³/mol. The quantitative estimate of drug-likeness (QED) is 0.743. The summed E-state index contributed by atoms with van der Waals surface area (Å²) in [7, 11) is 0. The average molecular weight is 321 g/mol. The molecule has 2 aromatic carbocycles. The van der Waals surface area contributed by atoms with Crippen LogP contribution in [0.3, 0.4) is 0 Å². The number of nitrogens with one attached hydrogen (secondary N) is 1. The Morgan fingerprint density at radius 3 is 2.74 bits per heavy atom. The summed E-state index contributed by atoms with van der Waals surface area (Å²) in [6.07, 6.45) is 0. The monoisotopic (exact) mass is 320 g/mol. The third kappa shape index (κ3) is 2.88. The number of anilines is 2. The van der Waals surface area contributed by atoms with Crippen LogP contribution in [-0.4, -0.2) is 11.0 Å². The number of nitrogen functional groups attached to an aromatic ring is 1. The zero-order valence-electron chi connectivity index (χ0n) is 10.3. The van der Waals surface area contributed by atoms with Gasteiger partial charge in [-0.05, 0) is 53.2 Å². The van der Waals surface area contributed by atoms with Gasteiger partial charge < -0.3 is 16.2 Å². The van der Waals surface area contributed by atoms with Gasteiger partial charge in [-0.2, -0.15) is 0 Å². The topological polar surface area (TPSA) is 75.3 Å². The summed E-state index contributed by atoms with van der Waals surface area (Å²) in [6, 6.07) is 9.98. The molecule has 0 fully saturated rings. The smallest absolute Gasteiger partial charge is 0.256 e. The summed E-state index contributed by atoms with van der Waals surface area (Å²) in [4.78, 5) is 12.1. The Morgan fingerprint density at radius 1 is 1.32 bits per heavy atom. The van der Waals surface area contributed by atoms with Crippen LogP contribution in [0.1, 0.15) is 15.9 Å². The number of nitrogens with two attached hydrogens (primary N) is 1. The molecule has 0 spiro atoms. The number of rotatable bonds is 2. The number of hydrogen-bond donors (Lipinski definition) is 3. The molecule has 0 heterocycles. The lowest BCUT2D eigenvalue weighted by Gasteiger charge is -2.10. The van der Waals surface area contributed by atoms with Gasteiger partial charge in [0.15, 0.2) is 0 Å². The first-order chi connectivity index (χ1) is 8.99. The largest absolute Gasteiger partial charge is 0.508 e. The molecule has 0 aromatic heterocycles. The number of carbonyl (C=O) groups excluding carboxylic acids is 1. The highest BCUT2D eigenvalue weighted by atomic mass is 79.9. The second-order valence-corrected chi connectivity index (χ2v) is 5.00. The van der Waals surface area contributed by atoms with Crippen molar-refractivity contribution in [2.24, 2.45) is 0 Å². The van der Waals surface area contributed by atoms with Crippen LogP contribution in [0.15, 0.2) is 40.9 Å². The highest BCUT2D eigenvalue weighted by Gasteiger charge is 2.12. The van der Waals surface area contributed by atoms with E-state index in [1.165, 1.54) is 0 Å². The Labute approximate surface area is 119 Å². The fraction of sp³-hybridized carbons (Fsp3) is 0.0714. The fourth-order valence-electron chi connectivity index (χ4n) is 1.69.